The maximum absolute atomic E-state index is 12.5. The van der Waals surface area contributed by atoms with Gasteiger partial charge in [-0.1, -0.05) is 72.5 Å². The fourth-order valence-corrected chi connectivity index (χ4v) is 3.33. The van der Waals surface area contributed by atoms with Gasteiger partial charge in [0.2, 0.25) is 5.91 Å². The minimum atomic E-state index is -1.53. The molecule has 0 aliphatic carbocycles. The Morgan fingerprint density at radius 1 is 0.882 bits per heavy atom. The Hall–Kier alpha value is -4.41. The standard InChI is InChI=1S/C27H24N2O5/c28-25(32)23(15-16-24(30)31)29-26(33)20-13-11-19(12-14-20)17-18-27(34,21-7-3-1-4-8-21)22-9-5-2-6-10-22/h1-14,23,34H,15-16H2,(H2,28,32)(H,29,33)(H,30,31)/t23-/m0/s1. The largest absolute Gasteiger partial charge is 0.481 e. The second kappa shape index (κ2) is 10.9. The Kier molecular flexibility index (Phi) is 7.80. The minimum absolute atomic E-state index is 0.0997. The highest BCUT2D eigenvalue weighted by molar-refractivity contribution is 5.97. The minimum Gasteiger partial charge on any atom is -0.481 e. The average molecular weight is 456 g/mol. The summed E-state index contributed by atoms with van der Waals surface area (Å²) in [5.41, 5.74) is 5.81. The van der Waals surface area contributed by atoms with Crippen LogP contribution >= 0.6 is 0 Å². The molecule has 34 heavy (non-hydrogen) atoms. The van der Waals surface area contributed by atoms with Crippen LogP contribution in [0.25, 0.3) is 0 Å². The van der Waals surface area contributed by atoms with E-state index in [1.54, 1.807) is 36.4 Å². The first-order valence-electron chi connectivity index (χ1n) is 10.6. The van der Waals surface area contributed by atoms with Gasteiger partial charge in [0.25, 0.3) is 5.91 Å². The monoisotopic (exact) mass is 456 g/mol. The van der Waals surface area contributed by atoms with Gasteiger partial charge in [0.1, 0.15) is 6.04 Å². The number of hydrogen-bond acceptors (Lipinski definition) is 4. The van der Waals surface area contributed by atoms with E-state index in [-0.39, 0.29) is 18.4 Å². The summed E-state index contributed by atoms with van der Waals surface area (Å²) in [7, 11) is 0. The molecule has 0 radical (unpaired) electrons. The number of aliphatic carboxylic acids is 1. The van der Waals surface area contributed by atoms with Crippen molar-refractivity contribution < 1.29 is 24.6 Å². The summed E-state index contributed by atoms with van der Waals surface area (Å²) in [5.74, 6) is 3.47. The van der Waals surface area contributed by atoms with Crippen molar-refractivity contribution in [3.8, 4) is 11.8 Å². The molecule has 0 bridgehead atoms. The summed E-state index contributed by atoms with van der Waals surface area (Å²) in [6.07, 6.45) is -0.397. The van der Waals surface area contributed by atoms with Gasteiger partial charge in [-0.3, -0.25) is 14.4 Å². The molecule has 0 aromatic heterocycles. The Morgan fingerprint density at radius 2 is 1.41 bits per heavy atom. The zero-order chi connectivity index (χ0) is 24.6. The molecule has 1 atom stereocenters. The number of benzene rings is 3. The molecule has 3 aromatic carbocycles. The number of carbonyl (C=O) groups excluding carboxylic acids is 2. The zero-order valence-corrected chi connectivity index (χ0v) is 18.3. The predicted octanol–water partition coefficient (Wildman–Crippen LogP) is 2.42. The second-order valence-corrected chi connectivity index (χ2v) is 7.63. The van der Waals surface area contributed by atoms with Gasteiger partial charge in [0.05, 0.1) is 0 Å². The molecule has 7 heteroatoms. The molecule has 0 saturated carbocycles. The van der Waals surface area contributed by atoms with E-state index in [1.165, 1.54) is 12.1 Å². The van der Waals surface area contributed by atoms with Crippen LogP contribution in [-0.4, -0.2) is 34.0 Å². The maximum atomic E-state index is 12.5. The lowest BCUT2D eigenvalue weighted by molar-refractivity contribution is -0.137. The number of aliphatic hydroxyl groups is 1. The van der Waals surface area contributed by atoms with Crippen LogP contribution in [0.2, 0.25) is 0 Å². The second-order valence-electron chi connectivity index (χ2n) is 7.63. The lowest BCUT2D eigenvalue weighted by atomic mass is 9.86. The maximum Gasteiger partial charge on any atom is 0.303 e. The lowest BCUT2D eigenvalue weighted by Gasteiger charge is -2.23. The summed E-state index contributed by atoms with van der Waals surface area (Å²) >= 11 is 0. The Balaban J connectivity index is 1.81. The van der Waals surface area contributed by atoms with Crippen LogP contribution in [0.1, 0.15) is 39.9 Å². The van der Waals surface area contributed by atoms with Gasteiger partial charge >= 0.3 is 5.97 Å². The number of carboxylic acid groups (broad SMARTS) is 1. The first-order valence-corrected chi connectivity index (χ1v) is 10.6. The number of carboxylic acids is 1. The third-order valence-electron chi connectivity index (χ3n) is 5.21. The van der Waals surface area contributed by atoms with Crippen molar-refractivity contribution in [1.82, 2.24) is 5.32 Å². The first kappa shape index (κ1) is 24.2. The van der Waals surface area contributed by atoms with E-state index >= 15 is 0 Å². The fraction of sp³-hybridized carbons (Fsp3) is 0.148. The van der Waals surface area contributed by atoms with Crippen molar-refractivity contribution in [2.75, 3.05) is 0 Å². The third-order valence-corrected chi connectivity index (χ3v) is 5.21. The van der Waals surface area contributed by atoms with Crippen molar-refractivity contribution >= 4 is 17.8 Å². The number of nitrogens with one attached hydrogen (secondary N) is 1. The van der Waals surface area contributed by atoms with E-state index in [2.05, 4.69) is 17.2 Å². The van der Waals surface area contributed by atoms with Gasteiger partial charge in [0.15, 0.2) is 5.60 Å². The van der Waals surface area contributed by atoms with E-state index in [1.807, 2.05) is 36.4 Å². The Labute approximate surface area is 197 Å². The molecule has 0 saturated heterocycles. The molecule has 2 amide bonds. The molecular weight excluding hydrogens is 432 g/mol. The number of rotatable bonds is 8. The van der Waals surface area contributed by atoms with Crippen LogP contribution in [-0.2, 0) is 15.2 Å². The van der Waals surface area contributed by atoms with Crippen LogP contribution in [0.4, 0.5) is 0 Å². The molecule has 3 rings (SSSR count). The van der Waals surface area contributed by atoms with Gasteiger partial charge in [-0.15, -0.1) is 0 Å². The molecule has 0 aliphatic heterocycles. The van der Waals surface area contributed by atoms with Crippen LogP contribution < -0.4 is 11.1 Å². The Bertz CT molecular complexity index is 1170. The van der Waals surface area contributed by atoms with E-state index in [0.29, 0.717) is 16.7 Å². The number of carbonyl (C=O) groups is 3. The van der Waals surface area contributed by atoms with Crippen LogP contribution in [0.15, 0.2) is 84.9 Å². The summed E-state index contributed by atoms with van der Waals surface area (Å²) in [5, 5.41) is 22.7. The van der Waals surface area contributed by atoms with Crippen molar-refractivity contribution in [3.05, 3.63) is 107 Å². The molecule has 0 aliphatic rings. The van der Waals surface area contributed by atoms with Gasteiger partial charge in [0, 0.05) is 28.7 Å². The number of amides is 2. The van der Waals surface area contributed by atoms with E-state index in [4.69, 9.17) is 10.8 Å². The van der Waals surface area contributed by atoms with Crippen molar-refractivity contribution in [3.63, 3.8) is 0 Å². The van der Waals surface area contributed by atoms with Crippen molar-refractivity contribution in [1.29, 1.82) is 0 Å². The molecule has 0 spiro atoms. The van der Waals surface area contributed by atoms with Crippen molar-refractivity contribution in [2.24, 2.45) is 5.73 Å². The quantitative estimate of drug-likeness (QED) is 0.387. The smallest absolute Gasteiger partial charge is 0.303 e. The number of nitrogens with two attached hydrogens (primary N) is 1. The van der Waals surface area contributed by atoms with Crippen LogP contribution in [0.5, 0.6) is 0 Å². The molecule has 0 heterocycles. The fourth-order valence-electron chi connectivity index (χ4n) is 3.33. The molecular formula is C27H24N2O5. The molecule has 5 N–H and O–H groups in total. The highest BCUT2D eigenvalue weighted by Gasteiger charge is 2.29. The van der Waals surface area contributed by atoms with Crippen molar-refractivity contribution in [2.45, 2.75) is 24.5 Å². The van der Waals surface area contributed by atoms with Crippen LogP contribution in [0, 0.1) is 11.8 Å². The zero-order valence-electron chi connectivity index (χ0n) is 18.3. The highest BCUT2D eigenvalue weighted by Crippen LogP contribution is 2.29. The summed E-state index contributed by atoms with van der Waals surface area (Å²) in [6, 6.07) is 23.4. The van der Waals surface area contributed by atoms with E-state index in [0.717, 1.165) is 0 Å². The summed E-state index contributed by atoms with van der Waals surface area (Å²) in [6.45, 7) is 0. The van der Waals surface area contributed by atoms with E-state index in [9.17, 15) is 19.5 Å². The number of hydrogen-bond donors (Lipinski definition) is 4. The molecule has 7 nitrogen and oxygen atoms in total. The molecule has 0 unspecified atom stereocenters. The summed E-state index contributed by atoms with van der Waals surface area (Å²) in [4.78, 5) is 34.7. The lowest BCUT2D eigenvalue weighted by Crippen LogP contribution is -2.44. The summed E-state index contributed by atoms with van der Waals surface area (Å²) < 4.78 is 0. The SMILES string of the molecule is NC(=O)[C@H](CCC(=O)O)NC(=O)c1ccc(C#CC(O)(c2ccccc2)c2ccccc2)cc1. The molecule has 0 fully saturated rings. The van der Waals surface area contributed by atoms with Gasteiger partial charge in [-0.2, -0.15) is 0 Å². The third kappa shape index (κ3) is 6.09. The van der Waals surface area contributed by atoms with E-state index < -0.39 is 29.4 Å². The molecule has 172 valence electrons. The molecule has 3 aromatic rings. The van der Waals surface area contributed by atoms with Gasteiger partial charge in [-0.25, -0.2) is 0 Å². The Morgan fingerprint density at radius 3 is 1.88 bits per heavy atom. The predicted molar refractivity (Wildman–Crippen MR) is 127 cm³/mol. The van der Waals surface area contributed by atoms with Gasteiger partial charge in [-0.05, 0) is 30.7 Å². The average Bonchev–Trinajstić information content (AvgIpc) is 2.86. The normalized spacial score (nSPS) is 11.6. The van der Waals surface area contributed by atoms with Gasteiger partial charge < -0.3 is 21.3 Å². The first-order chi connectivity index (χ1) is 16.3. The highest BCUT2D eigenvalue weighted by atomic mass is 16.4. The number of primary amides is 1. The topological polar surface area (TPSA) is 130 Å². The van der Waals surface area contributed by atoms with Crippen LogP contribution in [0.3, 0.4) is 0 Å².